The van der Waals surface area contributed by atoms with E-state index in [1.54, 1.807) is 17.6 Å². The first kappa shape index (κ1) is 17.3. The van der Waals surface area contributed by atoms with Crippen LogP contribution in [0, 0.1) is 0 Å². The molecule has 1 saturated heterocycles. The minimum Gasteiger partial charge on any atom is -0.336 e. The van der Waals surface area contributed by atoms with Crippen LogP contribution in [0.1, 0.15) is 16.8 Å². The summed E-state index contributed by atoms with van der Waals surface area (Å²) < 4.78 is 0. The molecule has 0 aliphatic carbocycles. The first-order valence-corrected chi connectivity index (χ1v) is 8.84. The lowest BCUT2D eigenvalue weighted by Crippen LogP contribution is -2.33. The molecule has 3 aromatic rings. The fourth-order valence-corrected chi connectivity index (χ4v) is 3.63. The summed E-state index contributed by atoms with van der Waals surface area (Å²) in [4.78, 5) is 28.4. The number of carbonyl (C=O) groups excluding carboxylic acids is 1. The summed E-state index contributed by atoms with van der Waals surface area (Å²) in [7, 11) is 0. The van der Waals surface area contributed by atoms with Gasteiger partial charge in [0.05, 0.1) is 11.2 Å². The van der Waals surface area contributed by atoms with Gasteiger partial charge >= 0.3 is 0 Å². The summed E-state index contributed by atoms with van der Waals surface area (Å²) in [6, 6.07) is 16.6. The molecule has 4 N–H and O–H groups in total. The molecule has 1 aliphatic heterocycles. The second-order valence-corrected chi connectivity index (χ2v) is 6.57. The Morgan fingerprint density at radius 3 is 2.63 bits per heavy atom. The van der Waals surface area contributed by atoms with Crippen LogP contribution in [-0.2, 0) is 0 Å². The highest BCUT2D eigenvalue weighted by atomic mass is 16.5. The quantitative estimate of drug-likeness (QED) is 0.420. The fraction of sp³-hybridized carbons (Fsp3) is 0.200. The molecule has 4 rings (SSSR count). The summed E-state index contributed by atoms with van der Waals surface area (Å²) in [5, 5.41) is 13.2. The van der Waals surface area contributed by atoms with Crippen molar-refractivity contribution in [1.82, 2.24) is 15.8 Å². The number of H-pyrrole nitrogens is 1. The van der Waals surface area contributed by atoms with Gasteiger partial charge in [-0.25, -0.2) is 5.48 Å². The third kappa shape index (κ3) is 3.30. The van der Waals surface area contributed by atoms with Crippen molar-refractivity contribution in [3.05, 3.63) is 70.5 Å². The standard InChI is InChI=1S/C20H20N4O3/c25-19-9-8-16-17(22-19)2-1-3-18(16)24(15-10-11-21-12-15)14-6-4-13(5-7-14)20(26)23-27/h1-9,15,21,27H,10-12H2,(H,22,25)(H,23,26). The summed E-state index contributed by atoms with van der Waals surface area (Å²) in [5.74, 6) is -0.543. The number of hydrogen-bond donors (Lipinski definition) is 4. The molecular formula is C20H20N4O3. The number of anilines is 2. The third-order valence-corrected chi connectivity index (χ3v) is 4.91. The number of fused-ring (bicyclic) bond motifs is 1. The first-order valence-electron chi connectivity index (χ1n) is 8.84. The van der Waals surface area contributed by atoms with Crippen LogP contribution in [0.25, 0.3) is 10.9 Å². The maximum Gasteiger partial charge on any atom is 0.274 e. The van der Waals surface area contributed by atoms with Crippen molar-refractivity contribution >= 4 is 28.2 Å². The molecule has 1 amide bonds. The zero-order valence-electron chi connectivity index (χ0n) is 14.6. The Labute approximate surface area is 155 Å². The number of aromatic amines is 1. The number of hydroxylamine groups is 1. The molecule has 138 valence electrons. The summed E-state index contributed by atoms with van der Waals surface area (Å²) >= 11 is 0. The van der Waals surface area contributed by atoms with Crippen molar-refractivity contribution in [2.75, 3.05) is 18.0 Å². The highest BCUT2D eigenvalue weighted by Gasteiger charge is 2.25. The van der Waals surface area contributed by atoms with E-state index in [2.05, 4.69) is 15.2 Å². The van der Waals surface area contributed by atoms with Gasteiger partial charge in [0.2, 0.25) is 5.56 Å². The largest absolute Gasteiger partial charge is 0.336 e. The van der Waals surface area contributed by atoms with Gasteiger partial charge in [0.25, 0.3) is 5.91 Å². The van der Waals surface area contributed by atoms with Gasteiger partial charge in [-0.15, -0.1) is 0 Å². The lowest BCUT2D eigenvalue weighted by atomic mass is 10.1. The van der Waals surface area contributed by atoms with Crippen LogP contribution in [0.2, 0.25) is 0 Å². The minimum atomic E-state index is -0.543. The van der Waals surface area contributed by atoms with E-state index in [1.165, 1.54) is 6.07 Å². The smallest absolute Gasteiger partial charge is 0.274 e. The molecule has 0 bridgehead atoms. The normalized spacial score (nSPS) is 16.4. The Balaban J connectivity index is 1.83. The second kappa shape index (κ2) is 7.22. The number of amides is 1. The molecule has 0 radical (unpaired) electrons. The van der Waals surface area contributed by atoms with Crippen LogP contribution in [0.4, 0.5) is 11.4 Å². The molecule has 1 unspecified atom stereocenters. The Hall–Kier alpha value is -3.16. The predicted octanol–water partition coefficient (Wildman–Crippen LogP) is 2.15. The van der Waals surface area contributed by atoms with E-state index in [4.69, 9.17) is 5.21 Å². The molecule has 7 heteroatoms. The van der Waals surface area contributed by atoms with Crippen LogP contribution < -0.4 is 21.3 Å². The van der Waals surface area contributed by atoms with Gasteiger partial charge < -0.3 is 15.2 Å². The Morgan fingerprint density at radius 2 is 1.93 bits per heavy atom. The maximum absolute atomic E-state index is 11.7. The Morgan fingerprint density at radius 1 is 1.11 bits per heavy atom. The molecular weight excluding hydrogens is 344 g/mol. The van der Waals surface area contributed by atoms with Crippen molar-refractivity contribution in [2.45, 2.75) is 12.5 Å². The number of benzene rings is 2. The molecule has 1 aliphatic rings. The van der Waals surface area contributed by atoms with Crippen molar-refractivity contribution in [2.24, 2.45) is 0 Å². The average molecular weight is 364 g/mol. The number of hydrogen-bond acceptors (Lipinski definition) is 5. The zero-order chi connectivity index (χ0) is 18.8. The minimum absolute atomic E-state index is 0.131. The monoisotopic (exact) mass is 364 g/mol. The van der Waals surface area contributed by atoms with Crippen LogP contribution in [0.5, 0.6) is 0 Å². The lowest BCUT2D eigenvalue weighted by molar-refractivity contribution is 0.0706. The van der Waals surface area contributed by atoms with E-state index in [1.807, 2.05) is 36.4 Å². The van der Waals surface area contributed by atoms with Gasteiger partial charge in [-0.1, -0.05) is 6.07 Å². The van der Waals surface area contributed by atoms with E-state index in [0.717, 1.165) is 41.8 Å². The van der Waals surface area contributed by atoms with Crippen molar-refractivity contribution in [1.29, 1.82) is 0 Å². The molecule has 2 aromatic carbocycles. The summed E-state index contributed by atoms with van der Waals surface area (Å²) in [5.41, 5.74) is 4.62. The number of nitrogens with zero attached hydrogens (tertiary/aromatic N) is 1. The number of pyridine rings is 1. The maximum atomic E-state index is 11.7. The van der Waals surface area contributed by atoms with Crippen molar-refractivity contribution in [3.63, 3.8) is 0 Å². The molecule has 0 saturated carbocycles. The summed E-state index contributed by atoms with van der Waals surface area (Å²) in [6.07, 6.45) is 0.985. The predicted molar refractivity (Wildman–Crippen MR) is 104 cm³/mol. The zero-order valence-corrected chi connectivity index (χ0v) is 14.6. The van der Waals surface area contributed by atoms with E-state index in [9.17, 15) is 9.59 Å². The topological polar surface area (TPSA) is 97.5 Å². The lowest BCUT2D eigenvalue weighted by Gasteiger charge is -2.32. The van der Waals surface area contributed by atoms with E-state index in [-0.39, 0.29) is 11.6 Å². The Kier molecular flexibility index (Phi) is 4.62. The highest BCUT2D eigenvalue weighted by Crippen LogP contribution is 2.34. The van der Waals surface area contributed by atoms with E-state index >= 15 is 0 Å². The van der Waals surface area contributed by atoms with Crippen LogP contribution in [0.3, 0.4) is 0 Å². The molecule has 1 aromatic heterocycles. The Bertz CT molecular complexity index is 1020. The van der Waals surface area contributed by atoms with Gasteiger partial charge in [0, 0.05) is 35.3 Å². The van der Waals surface area contributed by atoms with Gasteiger partial charge in [0.1, 0.15) is 0 Å². The third-order valence-electron chi connectivity index (χ3n) is 4.91. The van der Waals surface area contributed by atoms with Gasteiger partial charge in [0.15, 0.2) is 0 Å². The number of nitrogens with one attached hydrogen (secondary N) is 3. The molecule has 2 heterocycles. The molecule has 1 fully saturated rings. The van der Waals surface area contributed by atoms with E-state index in [0.29, 0.717) is 5.56 Å². The molecule has 1 atom stereocenters. The number of rotatable bonds is 4. The van der Waals surface area contributed by atoms with Crippen LogP contribution >= 0.6 is 0 Å². The molecule has 7 nitrogen and oxygen atoms in total. The van der Waals surface area contributed by atoms with Crippen molar-refractivity contribution < 1.29 is 10.0 Å². The first-order chi connectivity index (χ1) is 13.2. The number of aromatic nitrogens is 1. The fourth-order valence-electron chi connectivity index (χ4n) is 3.63. The van der Waals surface area contributed by atoms with Gasteiger partial charge in [-0.2, -0.15) is 0 Å². The van der Waals surface area contributed by atoms with Gasteiger partial charge in [-0.3, -0.25) is 14.8 Å². The molecule has 27 heavy (non-hydrogen) atoms. The number of carbonyl (C=O) groups is 1. The van der Waals surface area contributed by atoms with Crippen LogP contribution in [0.15, 0.2) is 59.4 Å². The van der Waals surface area contributed by atoms with Crippen molar-refractivity contribution in [3.8, 4) is 0 Å². The SMILES string of the molecule is O=C(NO)c1ccc(N(c2cccc3[nH]c(=O)ccc23)C2CCNC2)cc1. The second-order valence-electron chi connectivity index (χ2n) is 6.57. The van der Waals surface area contributed by atoms with E-state index < -0.39 is 5.91 Å². The summed E-state index contributed by atoms with van der Waals surface area (Å²) in [6.45, 7) is 1.78. The average Bonchev–Trinajstić information content (AvgIpc) is 3.22. The molecule has 0 spiro atoms. The van der Waals surface area contributed by atoms with Gasteiger partial charge in [-0.05, 0) is 55.4 Å². The van der Waals surface area contributed by atoms with Crippen LogP contribution in [-0.4, -0.2) is 35.2 Å². The highest BCUT2D eigenvalue weighted by molar-refractivity contribution is 5.95.